The van der Waals surface area contributed by atoms with Crippen LogP contribution in [0.3, 0.4) is 0 Å². The van der Waals surface area contributed by atoms with E-state index in [1.807, 2.05) is 24.3 Å². The Bertz CT molecular complexity index is 540. The second-order valence-electron chi connectivity index (χ2n) is 3.66. The minimum atomic E-state index is 0.449. The van der Waals surface area contributed by atoms with Crippen LogP contribution in [0.2, 0.25) is 0 Å². The van der Waals surface area contributed by atoms with Gasteiger partial charge in [0, 0.05) is 11.9 Å². The molecule has 0 saturated heterocycles. The number of fused-ring (bicyclic) bond motifs is 3. The predicted molar refractivity (Wildman–Crippen MR) is 60.6 cm³/mol. The van der Waals surface area contributed by atoms with Gasteiger partial charge < -0.3 is 15.2 Å². The second-order valence-corrected chi connectivity index (χ2v) is 3.66. The second kappa shape index (κ2) is 3.64. The van der Waals surface area contributed by atoms with E-state index in [9.17, 15) is 0 Å². The molecule has 0 unspecified atom stereocenters. The standard InChI is InChI=1S/C12H12N2O2/c13-7-8-1-2-9-10(14-8)3-4-11-12(9)16-6-5-15-11/h1-4H,5-7,13H2. The first-order valence-electron chi connectivity index (χ1n) is 5.27. The van der Waals surface area contributed by atoms with Gasteiger partial charge in [0.25, 0.3) is 0 Å². The number of nitrogens with zero attached hydrogens (tertiary/aromatic N) is 1. The van der Waals surface area contributed by atoms with Crippen molar-refractivity contribution in [2.45, 2.75) is 6.54 Å². The average Bonchev–Trinajstić information content (AvgIpc) is 2.38. The molecule has 4 heteroatoms. The minimum Gasteiger partial charge on any atom is -0.486 e. The van der Waals surface area contributed by atoms with Gasteiger partial charge in [0.15, 0.2) is 11.5 Å². The molecule has 0 atom stereocenters. The lowest BCUT2D eigenvalue weighted by Gasteiger charge is -2.19. The zero-order valence-corrected chi connectivity index (χ0v) is 8.77. The van der Waals surface area contributed by atoms with E-state index in [4.69, 9.17) is 15.2 Å². The highest BCUT2D eigenvalue weighted by atomic mass is 16.6. The lowest BCUT2D eigenvalue weighted by atomic mass is 10.1. The zero-order chi connectivity index (χ0) is 11.0. The van der Waals surface area contributed by atoms with Crippen LogP contribution in [-0.2, 0) is 6.54 Å². The van der Waals surface area contributed by atoms with Crippen LogP contribution in [0.5, 0.6) is 11.5 Å². The van der Waals surface area contributed by atoms with Gasteiger partial charge in [-0.15, -0.1) is 0 Å². The van der Waals surface area contributed by atoms with E-state index in [2.05, 4.69) is 4.98 Å². The Hall–Kier alpha value is -1.81. The summed E-state index contributed by atoms with van der Waals surface area (Å²) in [4.78, 5) is 4.44. The summed E-state index contributed by atoms with van der Waals surface area (Å²) in [7, 11) is 0. The fourth-order valence-electron chi connectivity index (χ4n) is 1.87. The maximum absolute atomic E-state index is 5.61. The van der Waals surface area contributed by atoms with Crippen LogP contribution in [0.1, 0.15) is 5.69 Å². The van der Waals surface area contributed by atoms with Crippen LogP contribution in [-0.4, -0.2) is 18.2 Å². The lowest BCUT2D eigenvalue weighted by Crippen LogP contribution is -2.15. The van der Waals surface area contributed by atoms with Crippen LogP contribution in [0, 0.1) is 0 Å². The van der Waals surface area contributed by atoms with Crippen LogP contribution in [0.25, 0.3) is 10.9 Å². The first kappa shape index (κ1) is 9.42. The molecule has 1 aromatic heterocycles. The van der Waals surface area contributed by atoms with E-state index in [0.717, 1.165) is 28.1 Å². The fourth-order valence-corrected chi connectivity index (χ4v) is 1.87. The molecule has 0 bridgehead atoms. The zero-order valence-electron chi connectivity index (χ0n) is 8.77. The number of pyridine rings is 1. The Morgan fingerprint density at radius 1 is 1.12 bits per heavy atom. The maximum Gasteiger partial charge on any atom is 0.170 e. The fraction of sp³-hybridized carbons (Fsp3) is 0.250. The third-order valence-corrected chi connectivity index (χ3v) is 2.64. The summed E-state index contributed by atoms with van der Waals surface area (Å²) in [6.45, 7) is 1.64. The molecule has 2 heterocycles. The van der Waals surface area contributed by atoms with Crippen LogP contribution in [0.4, 0.5) is 0 Å². The number of aromatic nitrogens is 1. The van der Waals surface area contributed by atoms with Gasteiger partial charge in [-0.05, 0) is 24.3 Å². The Balaban J connectivity index is 2.24. The first-order chi connectivity index (χ1) is 7.88. The van der Waals surface area contributed by atoms with Crippen LogP contribution in [0.15, 0.2) is 24.3 Å². The number of nitrogens with two attached hydrogens (primary N) is 1. The van der Waals surface area contributed by atoms with Gasteiger partial charge in [-0.3, -0.25) is 4.98 Å². The molecule has 1 aliphatic heterocycles. The highest BCUT2D eigenvalue weighted by Gasteiger charge is 2.15. The molecule has 0 amide bonds. The van der Waals surface area contributed by atoms with Gasteiger partial charge in [0.1, 0.15) is 13.2 Å². The molecule has 0 aliphatic carbocycles. The normalized spacial score (nSPS) is 14.1. The number of rotatable bonds is 1. The monoisotopic (exact) mass is 216 g/mol. The molecule has 4 nitrogen and oxygen atoms in total. The Labute approximate surface area is 93.0 Å². The Morgan fingerprint density at radius 3 is 2.88 bits per heavy atom. The Kier molecular flexibility index (Phi) is 2.15. The van der Waals surface area contributed by atoms with Crippen molar-refractivity contribution in [2.24, 2.45) is 5.73 Å². The molecule has 2 aromatic rings. The quantitative estimate of drug-likeness (QED) is 0.784. The summed E-state index contributed by atoms with van der Waals surface area (Å²) in [6.07, 6.45) is 0. The summed E-state index contributed by atoms with van der Waals surface area (Å²) in [5.74, 6) is 1.58. The van der Waals surface area contributed by atoms with Crippen molar-refractivity contribution in [1.29, 1.82) is 0 Å². The number of hydrogen-bond donors (Lipinski definition) is 1. The molecule has 2 N–H and O–H groups in total. The summed E-state index contributed by atoms with van der Waals surface area (Å²) in [6, 6.07) is 7.73. The molecule has 1 aliphatic rings. The highest BCUT2D eigenvalue weighted by Crippen LogP contribution is 2.36. The molecule has 0 spiro atoms. The van der Waals surface area contributed by atoms with E-state index in [1.54, 1.807) is 0 Å². The summed E-state index contributed by atoms with van der Waals surface area (Å²) in [5, 5.41) is 0.981. The number of ether oxygens (including phenoxy) is 2. The van der Waals surface area contributed by atoms with E-state index in [1.165, 1.54) is 0 Å². The minimum absolute atomic E-state index is 0.449. The van der Waals surface area contributed by atoms with Crippen molar-refractivity contribution >= 4 is 10.9 Å². The average molecular weight is 216 g/mol. The summed E-state index contributed by atoms with van der Waals surface area (Å²) in [5.41, 5.74) is 7.33. The molecular formula is C12H12N2O2. The van der Waals surface area contributed by atoms with E-state index in [-0.39, 0.29) is 0 Å². The van der Waals surface area contributed by atoms with E-state index in [0.29, 0.717) is 19.8 Å². The molecular weight excluding hydrogens is 204 g/mol. The molecule has 3 rings (SSSR count). The third kappa shape index (κ3) is 1.39. The third-order valence-electron chi connectivity index (χ3n) is 2.64. The van der Waals surface area contributed by atoms with E-state index < -0.39 is 0 Å². The molecule has 0 fully saturated rings. The van der Waals surface area contributed by atoms with Crippen molar-refractivity contribution in [3.05, 3.63) is 30.0 Å². The number of hydrogen-bond acceptors (Lipinski definition) is 4. The van der Waals surface area contributed by atoms with Gasteiger partial charge >= 0.3 is 0 Å². The number of benzene rings is 1. The van der Waals surface area contributed by atoms with Gasteiger partial charge in [-0.1, -0.05) is 0 Å². The van der Waals surface area contributed by atoms with Crippen LogP contribution >= 0.6 is 0 Å². The van der Waals surface area contributed by atoms with Crippen molar-refractivity contribution in [3.63, 3.8) is 0 Å². The van der Waals surface area contributed by atoms with Crippen molar-refractivity contribution < 1.29 is 9.47 Å². The molecule has 1 aromatic carbocycles. The smallest absolute Gasteiger partial charge is 0.170 e. The lowest BCUT2D eigenvalue weighted by molar-refractivity contribution is 0.174. The largest absolute Gasteiger partial charge is 0.486 e. The highest BCUT2D eigenvalue weighted by molar-refractivity contribution is 5.88. The maximum atomic E-state index is 5.61. The van der Waals surface area contributed by atoms with Gasteiger partial charge in [0.2, 0.25) is 0 Å². The van der Waals surface area contributed by atoms with Crippen LogP contribution < -0.4 is 15.2 Å². The van der Waals surface area contributed by atoms with Crippen molar-refractivity contribution in [2.75, 3.05) is 13.2 Å². The molecule has 0 saturated carbocycles. The molecule has 0 radical (unpaired) electrons. The SMILES string of the molecule is NCc1ccc2c3c(ccc2n1)OCCO3. The Morgan fingerprint density at radius 2 is 2.00 bits per heavy atom. The van der Waals surface area contributed by atoms with Gasteiger partial charge in [-0.2, -0.15) is 0 Å². The van der Waals surface area contributed by atoms with Gasteiger partial charge in [0.05, 0.1) is 11.2 Å². The topological polar surface area (TPSA) is 57.4 Å². The molecule has 82 valence electrons. The summed E-state index contributed by atoms with van der Waals surface area (Å²) < 4.78 is 11.1. The van der Waals surface area contributed by atoms with Crippen molar-refractivity contribution in [1.82, 2.24) is 4.98 Å². The van der Waals surface area contributed by atoms with Crippen molar-refractivity contribution in [3.8, 4) is 11.5 Å². The summed E-state index contributed by atoms with van der Waals surface area (Å²) >= 11 is 0. The van der Waals surface area contributed by atoms with Gasteiger partial charge in [-0.25, -0.2) is 0 Å². The first-order valence-corrected chi connectivity index (χ1v) is 5.27. The predicted octanol–water partition coefficient (Wildman–Crippen LogP) is 1.46. The van der Waals surface area contributed by atoms with E-state index >= 15 is 0 Å². The molecule has 16 heavy (non-hydrogen) atoms.